The van der Waals surface area contributed by atoms with Crippen molar-refractivity contribution >= 4 is 0 Å². The van der Waals surface area contributed by atoms with Crippen molar-refractivity contribution in [2.75, 3.05) is 6.61 Å². The van der Waals surface area contributed by atoms with E-state index >= 15 is 0 Å². The summed E-state index contributed by atoms with van der Waals surface area (Å²) in [6.45, 7) is 7.78. The summed E-state index contributed by atoms with van der Waals surface area (Å²) in [7, 11) is 0. The summed E-state index contributed by atoms with van der Waals surface area (Å²) in [5, 5.41) is 0. The third-order valence-corrected chi connectivity index (χ3v) is 2.92. The van der Waals surface area contributed by atoms with Crippen LogP contribution in [0.1, 0.15) is 46.5 Å². The molecule has 1 aliphatic rings. The minimum atomic E-state index is 0.510. The van der Waals surface area contributed by atoms with Crippen molar-refractivity contribution < 1.29 is 4.74 Å². The van der Waals surface area contributed by atoms with Crippen LogP contribution in [0.15, 0.2) is 0 Å². The van der Waals surface area contributed by atoms with E-state index in [4.69, 9.17) is 4.74 Å². The summed E-state index contributed by atoms with van der Waals surface area (Å²) in [5.41, 5.74) is 0. The van der Waals surface area contributed by atoms with Crippen LogP contribution in [0.3, 0.4) is 0 Å². The quantitative estimate of drug-likeness (QED) is 0.594. The van der Waals surface area contributed by atoms with Gasteiger partial charge < -0.3 is 4.74 Å². The average molecular weight is 170 g/mol. The van der Waals surface area contributed by atoms with Crippen LogP contribution < -0.4 is 0 Å². The van der Waals surface area contributed by atoms with Crippen LogP contribution >= 0.6 is 0 Å². The molecule has 0 heterocycles. The topological polar surface area (TPSA) is 9.23 Å². The molecule has 0 bridgehead atoms. The Morgan fingerprint density at radius 2 is 1.92 bits per heavy atom. The Labute approximate surface area is 76.5 Å². The van der Waals surface area contributed by atoms with Gasteiger partial charge in [0.1, 0.15) is 0 Å². The summed E-state index contributed by atoms with van der Waals surface area (Å²) in [6.07, 6.45) is 5.72. The Kier molecular flexibility index (Phi) is 4.07. The third-order valence-electron chi connectivity index (χ3n) is 2.92. The van der Waals surface area contributed by atoms with Gasteiger partial charge in [-0.3, -0.25) is 0 Å². The summed E-state index contributed by atoms with van der Waals surface area (Å²) in [4.78, 5) is 0. The molecular formula is C11H22O. The lowest BCUT2D eigenvalue weighted by Gasteiger charge is -2.21. The molecule has 2 unspecified atom stereocenters. The molecule has 0 aromatic heterocycles. The van der Waals surface area contributed by atoms with Gasteiger partial charge in [0.05, 0.1) is 6.10 Å². The Balaban J connectivity index is 2.13. The lowest BCUT2D eigenvalue weighted by molar-refractivity contribution is 0.00797. The summed E-state index contributed by atoms with van der Waals surface area (Å²) < 4.78 is 5.87. The van der Waals surface area contributed by atoms with Crippen molar-refractivity contribution in [1.29, 1.82) is 0 Å². The van der Waals surface area contributed by atoms with Crippen LogP contribution in [0.4, 0.5) is 0 Å². The fraction of sp³-hybridized carbons (Fsp3) is 1.00. The van der Waals surface area contributed by atoms with Gasteiger partial charge in [0.25, 0.3) is 0 Å². The lowest BCUT2D eigenvalue weighted by atomic mass is 10.00. The Morgan fingerprint density at radius 1 is 1.25 bits per heavy atom. The summed E-state index contributed by atoms with van der Waals surface area (Å²) in [5.74, 6) is 1.64. The highest BCUT2D eigenvalue weighted by Crippen LogP contribution is 2.30. The van der Waals surface area contributed by atoms with Gasteiger partial charge in [0.2, 0.25) is 0 Å². The van der Waals surface area contributed by atoms with Gasteiger partial charge in [0, 0.05) is 6.61 Å². The fourth-order valence-corrected chi connectivity index (χ4v) is 1.49. The fourth-order valence-electron chi connectivity index (χ4n) is 1.49. The van der Waals surface area contributed by atoms with Crippen LogP contribution in [-0.4, -0.2) is 12.7 Å². The van der Waals surface area contributed by atoms with Crippen LogP contribution in [0.2, 0.25) is 0 Å². The second kappa shape index (κ2) is 4.86. The molecule has 1 aliphatic carbocycles. The number of hydrogen-bond acceptors (Lipinski definition) is 1. The molecule has 0 saturated heterocycles. The van der Waals surface area contributed by atoms with Crippen LogP contribution in [-0.2, 0) is 4.74 Å². The molecule has 1 fully saturated rings. The standard InChI is InChI=1S/C11H22O/c1-4-9(3)11(5-2)12-8-10-6-7-10/h9-11H,4-8H2,1-3H3. The molecule has 0 aliphatic heterocycles. The van der Waals surface area contributed by atoms with Crippen molar-refractivity contribution in [2.45, 2.75) is 52.6 Å². The van der Waals surface area contributed by atoms with E-state index < -0.39 is 0 Å². The monoisotopic (exact) mass is 170 g/mol. The van der Waals surface area contributed by atoms with E-state index in [1.165, 1.54) is 25.7 Å². The Morgan fingerprint density at radius 3 is 2.33 bits per heavy atom. The van der Waals surface area contributed by atoms with Gasteiger partial charge in [-0.05, 0) is 31.1 Å². The normalized spacial score (nSPS) is 22.2. The number of rotatable bonds is 6. The predicted octanol–water partition coefficient (Wildman–Crippen LogP) is 3.24. The van der Waals surface area contributed by atoms with E-state index in [9.17, 15) is 0 Å². The molecule has 0 N–H and O–H groups in total. The van der Waals surface area contributed by atoms with E-state index in [1.54, 1.807) is 0 Å². The Hall–Kier alpha value is -0.0400. The Bertz CT molecular complexity index is 118. The number of ether oxygens (including phenoxy) is 1. The van der Waals surface area contributed by atoms with Crippen molar-refractivity contribution in [3.63, 3.8) is 0 Å². The average Bonchev–Trinajstić information content (AvgIpc) is 2.88. The maximum atomic E-state index is 5.87. The second-order valence-corrected chi connectivity index (χ2v) is 4.11. The molecule has 1 rings (SSSR count). The minimum Gasteiger partial charge on any atom is -0.378 e. The molecule has 0 aromatic carbocycles. The van der Waals surface area contributed by atoms with Crippen molar-refractivity contribution in [3.05, 3.63) is 0 Å². The first-order valence-corrected chi connectivity index (χ1v) is 5.39. The molecule has 1 heteroatoms. The van der Waals surface area contributed by atoms with E-state index in [2.05, 4.69) is 20.8 Å². The molecule has 12 heavy (non-hydrogen) atoms. The van der Waals surface area contributed by atoms with E-state index in [0.29, 0.717) is 6.10 Å². The molecule has 0 amide bonds. The molecule has 1 nitrogen and oxygen atoms in total. The maximum absolute atomic E-state index is 5.87. The molecule has 2 atom stereocenters. The van der Waals surface area contributed by atoms with Gasteiger partial charge in [0.15, 0.2) is 0 Å². The maximum Gasteiger partial charge on any atom is 0.0598 e. The first kappa shape index (κ1) is 10.0. The zero-order chi connectivity index (χ0) is 8.97. The van der Waals surface area contributed by atoms with E-state index in [0.717, 1.165) is 18.4 Å². The minimum absolute atomic E-state index is 0.510. The molecule has 0 spiro atoms. The molecule has 0 aromatic rings. The molecule has 1 saturated carbocycles. The highest BCUT2D eigenvalue weighted by Gasteiger charge is 2.24. The van der Waals surface area contributed by atoms with Crippen LogP contribution in [0.5, 0.6) is 0 Å². The second-order valence-electron chi connectivity index (χ2n) is 4.11. The number of hydrogen-bond donors (Lipinski definition) is 0. The summed E-state index contributed by atoms with van der Waals surface area (Å²) in [6, 6.07) is 0. The SMILES string of the molecule is CCC(C)C(CC)OCC1CC1. The van der Waals surface area contributed by atoms with Gasteiger partial charge in [-0.15, -0.1) is 0 Å². The predicted molar refractivity (Wildman–Crippen MR) is 52.2 cm³/mol. The van der Waals surface area contributed by atoms with Crippen molar-refractivity contribution in [1.82, 2.24) is 0 Å². The van der Waals surface area contributed by atoms with Crippen molar-refractivity contribution in [2.24, 2.45) is 11.8 Å². The zero-order valence-corrected chi connectivity index (χ0v) is 8.68. The smallest absolute Gasteiger partial charge is 0.0598 e. The zero-order valence-electron chi connectivity index (χ0n) is 8.68. The molecule has 72 valence electrons. The van der Waals surface area contributed by atoms with E-state index in [-0.39, 0.29) is 0 Å². The van der Waals surface area contributed by atoms with Gasteiger partial charge in [-0.2, -0.15) is 0 Å². The van der Waals surface area contributed by atoms with Gasteiger partial charge >= 0.3 is 0 Å². The first-order valence-electron chi connectivity index (χ1n) is 5.39. The third kappa shape index (κ3) is 3.14. The van der Waals surface area contributed by atoms with Crippen LogP contribution in [0.25, 0.3) is 0 Å². The van der Waals surface area contributed by atoms with Crippen LogP contribution in [0, 0.1) is 11.8 Å². The highest BCUT2D eigenvalue weighted by atomic mass is 16.5. The molecular weight excluding hydrogens is 148 g/mol. The van der Waals surface area contributed by atoms with Crippen molar-refractivity contribution in [3.8, 4) is 0 Å². The largest absolute Gasteiger partial charge is 0.378 e. The van der Waals surface area contributed by atoms with Gasteiger partial charge in [-0.25, -0.2) is 0 Å². The molecule has 0 radical (unpaired) electrons. The highest BCUT2D eigenvalue weighted by molar-refractivity contribution is 4.73. The van der Waals surface area contributed by atoms with Gasteiger partial charge in [-0.1, -0.05) is 27.2 Å². The first-order chi connectivity index (χ1) is 5.77. The summed E-state index contributed by atoms with van der Waals surface area (Å²) >= 11 is 0. The van der Waals surface area contributed by atoms with E-state index in [1.807, 2.05) is 0 Å². The lowest BCUT2D eigenvalue weighted by Crippen LogP contribution is -2.21.